The first-order valence-electron chi connectivity index (χ1n) is 9.10. The normalized spacial score (nSPS) is 17.4. The summed E-state index contributed by atoms with van der Waals surface area (Å²) in [6, 6.07) is 4.97. The number of para-hydroxylation sites is 1. The van der Waals surface area contributed by atoms with Gasteiger partial charge in [0.15, 0.2) is 11.5 Å². The summed E-state index contributed by atoms with van der Waals surface area (Å²) < 4.78 is 7.15. The minimum atomic E-state index is -0.188. The molecule has 27 heavy (non-hydrogen) atoms. The van der Waals surface area contributed by atoms with E-state index in [1.807, 2.05) is 25.7 Å². The highest BCUT2D eigenvalue weighted by atomic mass is 16.5. The van der Waals surface area contributed by atoms with E-state index in [0.29, 0.717) is 18.8 Å². The van der Waals surface area contributed by atoms with Crippen molar-refractivity contribution in [2.75, 3.05) is 34.3 Å². The molecule has 1 amide bonds. The topological polar surface area (TPSA) is 83.7 Å². The maximum Gasteiger partial charge on any atom is 0.257 e. The van der Waals surface area contributed by atoms with Gasteiger partial charge in [-0.1, -0.05) is 6.07 Å². The smallest absolute Gasteiger partial charge is 0.257 e. The lowest BCUT2D eigenvalue weighted by Gasteiger charge is -2.32. The number of phenols is 1. The van der Waals surface area contributed by atoms with Crippen LogP contribution in [0.15, 0.2) is 18.2 Å². The van der Waals surface area contributed by atoms with Crippen molar-refractivity contribution in [3.63, 3.8) is 0 Å². The van der Waals surface area contributed by atoms with Crippen molar-refractivity contribution in [1.29, 1.82) is 0 Å². The molecule has 0 spiro atoms. The Hall–Kier alpha value is -2.61. The molecule has 1 saturated heterocycles. The lowest BCUT2D eigenvalue weighted by molar-refractivity contribution is 0.0699. The van der Waals surface area contributed by atoms with Crippen molar-refractivity contribution in [3.8, 4) is 11.5 Å². The monoisotopic (exact) mass is 373 g/mol. The fraction of sp³-hybridized carbons (Fsp3) is 0.526. The number of carbonyl (C=O) groups excluding carboxylic acids is 1. The van der Waals surface area contributed by atoms with E-state index < -0.39 is 0 Å². The largest absolute Gasteiger partial charge is 0.504 e. The summed E-state index contributed by atoms with van der Waals surface area (Å²) >= 11 is 0. The molecule has 1 aromatic heterocycles. The molecule has 1 aromatic carbocycles. The van der Waals surface area contributed by atoms with Crippen LogP contribution in [0.3, 0.4) is 0 Å². The molecule has 0 bridgehead atoms. The van der Waals surface area contributed by atoms with E-state index in [9.17, 15) is 9.90 Å². The molecule has 1 atom stereocenters. The number of amides is 1. The Labute approximate surface area is 159 Å². The molecule has 1 aliphatic heterocycles. The average molecular weight is 373 g/mol. The van der Waals surface area contributed by atoms with Crippen LogP contribution in [-0.2, 0) is 13.6 Å². The summed E-state index contributed by atoms with van der Waals surface area (Å²) in [4.78, 5) is 16.8. The second-order valence-electron chi connectivity index (χ2n) is 7.22. The molecule has 8 heteroatoms. The van der Waals surface area contributed by atoms with Crippen LogP contribution < -0.4 is 4.74 Å². The van der Waals surface area contributed by atoms with Gasteiger partial charge in [-0.25, -0.2) is 0 Å². The zero-order valence-corrected chi connectivity index (χ0v) is 16.3. The van der Waals surface area contributed by atoms with Crippen molar-refractivity contribution in [3.05, 3.63) is 35.4 Å². The average Bonchev–Trinajstić information content (AvgIpc) is 3.01. The number of methoxy groups -OCH3 is 1. The number of benzene rings is 1. The van der Waals surface area contributed by atoms with Gasteiger partial charge in [0.2, 0.25) is 0 Å². The lowest BCUT2D eigenvalue weighted by Crippen LogP contribution is -2.39. The molecule has 2 heterocycles. The SMILES string of the molecule is COc1cccc(C(=O)N2CCC[C@@H](c3nnc(CN(C)C)n3C)C2)c1O. The van der Waals surface area contributed by atoms with Gasteiger partial charge in [0.1, 0.15) is 11.6 Å². The quantitative estimate of drug-likeness (QED) is 0.857. The van der Waals surface area contributed by atoms with E-state index in [0.717, 1.165) is 31.0 Å². The second kappa shape index (κ2) is 7.96. The van der Waals surface area contributed by atoms with Crippen molar-refractivity contribution >= 4 is 5.91 Å². The first-order valence-corrected chi connectivity index (χ1v) is 9.10. The van der Waals surface area contributed by atoms with Crippen molar-refractivity contribution < 1.29 is 14.6 Å². The maximum absolute atomic E-state index is 13.0. The predicted molar refractivity (Wildman–Crippen MR) is 101 cm³/mol. The number of hydrogen-bond acceptors (Lipinski definition) is 6. The molecule has 0 unspecified atom stereocenters. The number of phenolic OH excluding ortho intramolecular Hbond substituents is 1. The third-order valence-corrected chi connectivity index (χ3v) is 4.98. The Kier molecular flexibility index (Phi) is 5.65. The summed E-state index contributed by atoms with van der Waals surface area (Å²) in [7, 11) is 7.44. The Morgan fingerprint density at radius 2 is 2.15 bits per heavy atom. The Morgan fingerprint density at radius 3 is 2.85 bits per heavy atom. The van der Waals surface area contributed by atoms with Crippen LogP contribution in [0.5, 0.6) is 11.5 Å². The van der Waals surface area contributed by atoms with E-state index >= 15 is 0 Å². The van der Waals surface area contributed by atoms with Crippen LogP contribution in [0.25, 0.3) is 0 Å². The van der Waals surface area contributed by atoms with Crippen LogP contribution in [0.4, 0.5) is 0 Å². The molecule has 1 aliphatic rings. The van der Waals surface area contributed by atoms with E-state index in [-0.39, 0.29) is 23.1 Å². The molecule has 0 saturated carbocycles. The van der Waals surface area contributed by atoms with E-state index in [4.69, 9.17) is 4.74 Å². The van der Waals surface area contributed by atoms with Gasteiger partial charge in [-0.05, 0) is 39.1 Å². The number of ether oxygens (including phenoxy) is 1. The van der Waals surface area contributed by atoms with Crippen molar-refractivity contribution in [1.82, 2.24) is 24.6 Å². The Bertz CT molecular complexity index is 818. The van der Waals surface area contributed by atoms with Crippen molar-refractivity contribution in [2.24, 2.45) is 7.05 Å². The Morgan fingerprint density at radius 1 is 1.37 bits per heavy atom. The molecular weight excluding hydrogens is 346 g/mol. The summed E-state index contributed by atoms with van der Waals surface area (Å²) in [5.41, 5.74) is 0.265. The molecule has 1 N–H and O–H groups in total. The predicted octanol–water partition coefficient (Wildman–Crippen LogP) is 1.61. The van der Waals surface area contributed by atoms with Crippen molar-refractivity contribution in [2.45, 2.75) is 25.3 Å². The standard InChI is InChI=1S/C19H27N5O3/c1-22(2)12-16-20-21-18(23(16)3)13-7-6-10-24(11-13)19(26)14-8-5-9-15(27-4)17(14)25/h5,8-9,13,25H,6-7,10-12H2,1-4H3/t13-/m1/s1. The zero-order valence-electron chi connectivity index (χ0n) is 16.3. The van der Waals surface area contributed by atoms with Gasteiger partial charge in [0.05, 0.1) is 19.2 Å². The molecular formula is C19H27N5O3. The van der Waals surface area contributed by atoms with Gasteiger partial charge < -0.3 is 24.2 Å². The number of hydrogen-bond donors (Lipinski definition) is 1. The number of nitrogens with zero attached hydrogens (tertiary/aromatic N) is 5. The van der Waals surface area contributed by atoms with Crippen LogP contribution in [0, 0.1) is 0 Å². The minimum absolute atomic E-state index is 0.112. The molecule has 8 nitrogen and oxygen atoms in total. The number of aromatic nitrogens is 3. The number of aromatic hydroxyl groups is 1. The first kappa shape index (κ1) is 19.2. The number of rotatable bonds is 5. The maximum atomic E-state index is 13.0. The molecule has 146 valence electrons. The first-order chi connectivity index (χ1) is 12.9. The van der Waals surface area contributed by atoms with E-state index in [1.165, 1.54) is 7.11 Å². The van der Waals surface area contributed by atoms with Crippen LogP contribution in [0.2, 0.25) is 0 Å². The number of carbonyl (C=O) groups is 1. The summed E-state index contributed by atoms with van der Waals surface area (Å²) in [5.74, 6) is 1.94. The molecule has 0 aliphatic carbocycles. The lowest BCUT2D eigenvalue weighted by atomic mass is 9.96. The fourth-order valence-electron chi connectivity index (χ4n) is 3.55. The number of piperidine rings is 1. The van der Waals surface area contributed by atoms with Gasteiger partial charge >= 0.3 is 0 Å². The molecule has 0 radical (unpaired) electrons. The highest BCUT2D eigenvalue weighted by Crippen LogP contribution is 2.32. The zero-order chi connectivity index (χ0) is 19.6. The molecule has 2 aromatic rings. The highest BCUT2D eigenvalue weighted by Gasteiger charge is 2.30. The van der Waals surface area contributed by atoms with Gasteiger partial charge in [0, 0.05) is 26.1 Å². The van der Waals surface area contributed by atoms with E-state index in [1.54, 1.807) is 23.1 Å². The third kappa shape index (κ3) is 3.90. The summed E-state index contributed by atoms with van der Waals surface area (Å²) in [6.45, 7) is 1.94. The van der Waals surface area contributed by atoms with Gasteiger partial charge in [-0.2, -0.15) is 0 Å². The van der Waals surface area contributed by atoms with Crippen LogP contribution >= 0.6 is 0 Å². The summed E-state index contributed by atoms with van der Waals surface area (Å²) in [5, 5.41) is 19.0. The summed E-state index contributed by atoms with van der Waals surface area (Å²) in [6.07, 6.45) is 1.85. The van der Waals surface area contributed by atoms with Gasteiger partial charge in [-0.3, -0.25) is 4.79 Å². The Balaban J connectivity index is 1.79. The highest BCUT2D eigenvalue weighted by molar-refractivity contribution is 5.97. The second-order valence-corrected chi connectivity index (χ2v) is 7.22. The van der Waals surface area contributed by atoms with Crippen LogP contribution in [-0.4, -0.2) is 69.9 Å². The van der Waals surface area contributed by atoms with Crippen LogP contribution in [0.1, 0.15) is 40.8 Å². The van der Waals surface area contributed by atoms with Gasteiger partial charge in [0.25, 0.3) is 5.91 Å². The van der Waals surface area contributed by atoms with Gasteiger partial charge in [-0.15, -0.1) is 10.2 Å². The molecule has 1 fully saturated rings. The van der Waals surface area contributed by atoms with E-state index in [2.05, 4.69) is 15.1 Å². The number of likely N-dealkylation sites (tertiary alicyclic amines) is 1. The third-order valence-electron chi connectivity index (χ3n) is 4.98. The minimum Gasteiger partial charge on any atom is -0.504 e. The fourth-order valence-corrected chi connectivity index (χ4v) is 3.55. The molecule has 3 rings (SSSR count).